The number of rotatable bonds is 0. The Bertz CT molecular complexity index is 17.5. The van der Waals surface area contributed by atoms with E-state index in [1.165, 1.54) is 0 Å². The van der Waals surface area contributed by atoms with Gasteiger partial charge in [-0.2, -0.15) is 0 Å². The molecule has 0 bridgehead atoms. The van der Waals surface area contributed by atoms with Crippen LogP contribution in [0.1, 0.15) is 0 Å². The van der Waals surface area contributed by atoms with E-state index in [2.05, 4.69) is 29.9 Å². The molecule has 5 radical (unpaired) electrons. The molecule has 0 aliphatic rings. The van der Waals surface area contributed by atoms with Crippen LogP contribution < -0.4 is 0 Å². The molecule has 6 heavy (non-hydrogen) atoms. The van der Waals surface area contributed by atoms with Crippen LogP contribution in [0.15, 0.2) is 0 Å². The van der Waals surface area contributed by atoms with Crippen molar-refractivity contribution in [1.29, 1.82) is 0 Å². The van der Waals surface area contributed by atoms with E-state index in [1.54, 1.807) is 16.0 Å². The Balaban J connectivity index is -0.00000000500. The van der Waals surface area contributed by atoms with E-state index in [9.17, 15) is 0 Å². The van der Waals surface area contributed by atoms with Gasteiger partial charge in [-0.15, -0.1) is 0 Å². The molecule has 0 rings (SSSR count). The van der Waals surface area contributed by atoms with Crippen LogP contribution in [0, 0.1) is 0 Å². The molecule has 0 aliphatic heterocycles. The Morgan fingerprint density at radius 1 is 1.33 bits per heavy atom. The van der Waals surface area contributed by atoms with Gasteiger partial charge in [-0.3, -0.25) is 0 Å². The number of hydrogen-bond acceptors (Lipinski definition) is 0. The van der Waals surface area contributed by atoms with Crippen molar-refractivity contribution in [3.63, 3.8) is 0 Å². The van der Waals surface area contributed by atoms with Crippen molar-refractivity contribution in [3.05, 3.63) is 0 Å². The largest absolute Gasteiger partial charge is 0 e. The predicted molar refractivity (Wildman–Crippen MR) is 23.0 cm³/mol. The SMILES string of the molecule is [Cd]=[Te].[Cu].[Ga]=[Se].[In]. The number of hydrogen-bond donors (Lipinski definition) is 0. The summed E-state index contributed by atoms with van der Waals surface area (Å²) in [5, 5.41) is 0. The summed E-state index contributed by atoms with van der Waals surface area (Å²) in [6, 6.07) is 0. The van der Waals surface area contributed by atoms with Gasteiger partial charge in [0.15, 0.2) is 0 Å². The first-order valence-corrected chi connectivity index (χ1v) is 19.4. The van der Waals surface area contributed by atoms with E-state index >= 15 is 0 Å². The van der Waals surface area contributed by atoms with Crippen LogP contribution in [0.25, 0.3) is 0 Å². The molecular weight excluding hydrogens is 567 g/mol. The summed E-state index contributed by atoms with van der Waals surface area (Å²) in [6.07, 6.45) is 0. The minimum absolute atomic E-state index is 0. The standard InChI is InChI=1S/Cd.Cu.Ga.In.Se.Te. The maximum Gasteiger partial charge on any atom is 0 e. The van der Waals surface area contributed by atoms with Gasteiger partial charge in [0.1, 0.15) is 0 Å². The molecule has 31 valence electrons. The zero-order valence-electron chi connectivity index (χ0n) is 2.98. The smallest absolute Gasteiger partial charge is 0 e. The van der Waals surface area contributed by atoms with Crippen molar-refractivity contribution in [1.82, 2.24) is 0 Å². The first-order chi connectivity index (χ1) is 2.00. The Morgan fingerprint density at radius 3 is 1.33 bits per heavy atom. The third kappa shape index (κ3) is 24.0. The molecule has 0 aromatic carbocycles. The third-order valence-electron chi connectivity index (χ3n) is 0. The van der Waals surface area contributed by atoms with E-state index in [-0.39, 0.29) is 42.9 Å². The molecule has 0 nitrogen and oxygen atoms in total. The predicted octanol–water partition coefficient (Wildman–Crippen LogP) is -1.53. The normalized spacial score (nSPS) is 1.50. The van der Waals surface area contributed by atoms with Gasteiger partial charge in [-0.1, -0.05) is 0 Å². The van der Waals surface area contributed by atoms with E-state index in [4.69, 9.17) is 0 Å². The molecule has 0 aromatic rings. The minimum atomic E-state index is 0. The van der Waals surface area contributed by atoms with Gasteiger partial charge in [-0.05, 0) is 0 Å². The van der Waals surface area contributed by atoms with Gasteiger partial charge < -0.3 is 0 Å². The molecule has 0 amide bonds. The molecule has 0 heterocycles. The van der Waals surface area contributed by atoms with Crippen LogP contribution in [0.2, 0.25) is 0 Å². The molecule has 0 spiro atoms. The average Bonchev–Trinajstić information content (AvgIpc) is 1.50. The molecule has 0 saturated carbocycles. The molecule has 0 N–H and O–H groups in total. The first kappa shape index (κ1) is 22.5. The second kappa shape index (κ2) is 34.8. The maximum atomic E-state index is 2.69. The van der Waals surface area contributed by atoms with Crippen molar-refractivity contribution in [2.75, 3.05) is 0 Å². The molecule has 0 fully saturated rings. The summed E-state index contributed by atoms with van der Waals surface area (Å²) in [6.45, 7) is 0. The van der Waals surface area contributed by atoms with E-state index < -0.39 is 0 Å². The topological polar surface area (TPSA) is 0 Å². The fraction of sp³-hybridized carbons (Fsp3) is 0. The van der Waals surface area contributed by atoms with Crippen molar-refractivity contribution in [2.45, 2.75) is 0 Å². The fourth-order valence-corrected chi connectivity index (χ4v) is 0. The van der Waals surface area contributed by atoms with Crippen LogP contribution in [0.5, 0.6) is 0 Å². The van der Waals surface area contributed by atoms with E-state index in [0.29, 0.717) is 0 Å². The van der Waals surface area contributed by atoms with E-state index in [0.717, 1.165) is 20.9 Å². The summed E-state index contributed by atoms with van der Waals surface area (Å²) >= 11 is 7.53. The van der Waals surface area contributed by atoms with Gasteiger partial charge in [0.05, 0.1) is 0 Å². The fourth-order valence-electron chi connectivity index (χ4n) is 0. The first-order valence-electron chi connectivity index (χ1n) is 0.524. The van der Waals surface area contributed by atoms with Crippen molar-refractivity contribution >= 4 is 71.8 Å². The van der Waals surface area contributed by atoms with Crippen LogP contribution in [0.3, 0.4) is 0 Å². The zero-order valence-corrected chi connectivity index (χ0v) is 17.7. The van der Waals surface area contributed by atoms with Gasteiger partial charge in [0.2, 0.25) is 0 Å². The summed E-state index contributed by atoms with van der Waals surface area (Å²) in [7, 11) is 0. The van der Waals surface area contributed by atoms with Crippen LogP contribution in [0.4, 0.5) is 0 Å². The summed E-state index contributed by atoms with van der Waals surface area (Å²) < 4.78 is 0. The maximum absolute atomic E-state index is 2.69. The molecule has 0 atom stereocenters. The van der Waals surface area contributed by atoms with Crippen LogP contribution >= 0.6 is 0 Å². The van der Waals surface area contributed by atoms with Gasteiger partial charge in [0.25, 0.3) is 0 Å². The molecule has 0 aliphatic carbocycles. The van der Waals surface area contributed by atoms with Gasteiger partial charge in [0, 0.05) is 42.9 Å². The van der Waals surface area contributed by atoms with Crippen molar-refractivity contribution < 1.29 is 38.0 Å². The zero-order chi connectivity index (χ0) is 4.00. The van der Waals surface area contributed by atoms with Crippen molar-refractivity contribution in [2.24, 2.45) is 0 Å². The Morgan fingerprint density at radius 2 is 1.33 bits per heavy atom. The second-order valence-corrected chi connectivity index (χ2v) is 0. The molecule has 0 saturated heterocycles. The molecule has 6 heteroatoms. The van der Waals surface area contributed by atoms with Crippen molar-refractivity contribution in [3.8, 4) is 0 Å². The Kier molecular flexibility index (Phi) is 130. The Labute approximate surface area is 107 Å². The van der Waals surface area contributed by atoms with Crippen LogP contribution in [-0.2, 0) is 38.0 Å². The summed E-state index contributed by atoms with van der Waals surface area (Å²) in [4.78, 5) is 0. The molecule has 0 unspecified atom stereocenters. The quantitative estimate of drug-likeness (QED) is 0.312. The molecular formula is CdCuGaInSeTe. The third-order valence-corrected chi connectivity index (χ3v) is 0. The van der Waals surface area contributed by atoms with Gasteiger partial charge >= 0.3 is 66.9 Å². The second-order valence-electron chi connectivity index (χ2n) is 0. The average molecular weight is 567 g/mol. The summed E-state index contributed by atoms with van der Waals surface area (Å²) in [5.41, 5.74) is 0. The van der Waals surface area contributed by atoms with Gasteiger partial charge in [-0.25, -0.2) is 0 Å². The summed E-state index contributed by atoms with van der Waals surface area (Å²) in [5.74, 6) is 0. The molecule has 0 aromatic heterocycles. The van der Waals surface area contributed by atoms with E-state index in [1.807, 2.05) is 0 Å². The minimum Gasteiger partial charge on any atom is 0 e. The van der Waals surface area contributed by atoms with Crippen LogP contribution in [-0.4, -0.2) is 71.8 Å². The monoisotopic (exact) mass is 570 g/mol. The Hall–Kier alpha value is 4.26.